The van der Waals surface area contributed by atoms with Crippen LogP contribution in [0.15, 0.2) is 35.9 Å². The summed E-state index contributed by atoms with van der Waals surface area (Å²) < 4.78 is 0. The number of rotatable bonds is 1. The van der Waals surface area contributed by atoms with Crippen molar-refractivity contribution in [3.63, 3.8) is 0 Å². The molecule has 0 radical (unpaired) electrons. The Morgan fingerprint density at radius 3 is 1.60 bits per heavy atom. The highest BCUT2D eigenvalue weighted by Gasteiger charge is 1.74. The van der Waals surface area contributed by atoms with Crippen LogP contribution in [0.5, 0.6) is 0 Å². The van der Waals surface area contributed by atoms with E-state index in [4.69, 9.17) is 11.6 Å². The maximum atomic E-state index is 5.54. The summed E-state index contributed by atoms with van der Waals surface area (Å²) in [6.07, 6.45) is 3.87. The second kappa shape index (κ2) is 8.51. The Kier molecular flexibility index (Phi) is 10.4. The van der Waals surface area contributed by atoms with Crippen LogP contribution in [0.2, 0.25) is 0 Å². The molecule has 0 aliphatic rings. The van der Waals surface area contributed by atoms with Crippen molar-refractivity contribution in [2.24, 2.45) is 0 Å². The van der Waals surface area contributed by atoms with Gasteiger partial charge in [-0.15, -0.1) is 13.2 Å². The fourth-order valence-electron chi connectivity index (χ4n) is 0.281. The van der Waals surface area contributed by atoms with Crippen LogP contribution in [0.1, 0.15) is 20.8 Å². The minimum Gasteiger partial charge on any atom is -0.106 e. The maximum absolute atomic E-state index is 5.54. The molecule has 0 heterocycles. The Morgan fingerprint density at radius 2 is 1.50 bits per heavy atom. The molecule has 0 aromatic carbocycles. The van der Waals surface area contributed by atoms with Gasteiger partial charge in [0.05, 0.1) is 0 Å². The molecule has 0 atom stereocenters. The molecule has 0 aromatic heterocycles. The van der Waals surface area contributed by atoms with Crippen LogP contribution in [-0.2, 0) is 0 Å². The first-order valence-electron chi connectivity index (χ1n) is 3.10. The number of halogens is 1. The number of hydrogen-bond acceptors (Lipinski definition) is 0. The second-order valence-corrected chi connectivity index (χ2v) is 2.59. The van der Waals surface area contributed by atoms with E-state index in [0.717, 1.165) is 5.03 Å². The van der Waals surface area contributed by atoms with Crippen LogP contribution in [0.25, 0.3) is 0 Å². The van der Waals surface area contributed by atoms with Crippen LogP contribution in [0, 0.1) is 0 Å². The lowest BCUT2D eigenvalue weighted by atomic mass is 10.3. The molecule has 0 saturated heterocycles. The molecule has 10 heavy (non-hydrogen) atoms. The van der Waals surface area contributed by atoms with Gasteiger partial charge in [0.1, 0.15) is 0 Å². The third-order valence-corrected chi connectivity index (χ3v) is 0.772. The van der Waals surface area contributed by atoms with Crippen LogP contribution in [-0.4, -0.2) is 0 Å². The summed E-state index contributed by atoms with van der Waals surface area (Å²) in [5.74, 6) is 0. The van der Waals surface area contributed by atoms with E-state index in [-0.39, 0.29) is 0 Å². The molecule has 0 aliphatic heterocycles. The van der Waals surface area contributed by atoms with Crippen molar-refractivity contribution >= 4 is 11.6 Å². The molecule has 0 unspecified atom stereocenters. The quantitative estimate of drug-likeness (QED) is 0.401. The molecule has 0 aliphatic carbocycles. The first-order chi connectivity index (χ1) is 4.63. The predicted octanol–water partition coefficient (Wildman–Crippen LogP) is 3.90. The Bertz CT molecular complexity index is 108. The molecular weight excluding hydrogens is 144 g/mol. The predicted molar refractivity (Wildman–Crippen MR) is 50.3 cm³/mol. The zero-order valence-electron chi connectivity index (χ0n) is 6.95. The first-order valence-corrected chi connectivity index (χ1v) is 3.48. The van der Waals surface area contributed by atoms with Gasteiger partial charge in [0, 0.05) is 5.03 Å². The van der Waals surface area contributed by atoms with Crippen molar-refractivity contribution in [2.75, 3.05) is 0 Å². The third kappa shape index (κ3) is 15.6. The molecule has 0 spiro atoms. The Labute approximate surface area is 68.9 Å². The average molecular weight is 159 g/mol. The molecular formula is C9H15Cl. The molecule has 0 aromatic rings. The van der Waals surface area contributed by atoms with E-state index >= 15 is 0 Å². The third-order valence-electron chi connectivity index (χ3n) is 0.646. The summed E-state index contributed by atoms with van der Waals surface area (Å²) >= 11 is 5.54. The van der Waals surface area contributed by atoms with Crippen LogP contribution < -0.4 is 0 Å². The maximum Gasteiger partial charge on any atom is 0.0149 e. The summed E-state index contributed by atoms with van der Waals surface area (Å²) in [5, 5.41) is 0.825. The molecule has 0 N–H and O–H groups in total. The zero-order valence-corrected chi connectivity index (χ0v) is 7.70. The van der Waals surface area contributed by atoms with Gasteiger partial charge in [-0.25, -0.2) is 0 Å². The second-order valence-electron chi connectivity index (χ2n) is 2.00. The lowest BCUT2D eigenvalue weighted by Gasteiger charge is -1.82. The Morgan fingerprint density at radius 1 is 1.10 bits per heavy atom. The normalized spacial score (nSPS) is 9.40. The van der Waals surface area contributed by atoms with Crippen LogP contribution in [0.4, 0.5) is 0 Å². The van der Waals surface area contributed by atoms with Gasteiger partial charge >= 0.3 is 0 Å². The molecule has 1 heteroatoms. The summed E-state index contributed by atoms with van der Waals surface area (Å²) in [6.45, 7) is 11.9. The minimum atomic E-state index is 0.825. The van der Waals surface area contributed by atoms with Gasteiger partial charge in [-0.3, -0.25) is 0 Å². The first kappa shape index (κ1) is 12.2. The number of hydrogen-bond donors (Lipinski definition) is 0. The summed E-state index contributed by atoms with van der Waals surface area (Å²) in [4.78, 5) is 0. The van der Waals surface area contributed by atoms with Crippen LogP contribution >= 0.6 is 11.6 Å². The topological polar surface area (TPSA) is 0 Å². The molecule has 58 valence electrons. The van der Waals surface area contributed by atoms with Gasteiger partial charge in [0.25, 0.3) is 0 Å². The lowest BCUT2D eigenvalue weighted by Crippen LogP contribution is -1.60. The van der Waals surface area contributed by atoms with Crippen molar-refractivity contribution < 1.29 is 0 Å². The van der Waals surface area contributed by atoms with Gasteiger partial charge in [-0.05, 0) is 26.8 Å². The van der Waals surface area contributed by atoms with Gasteiger partial charge in [-0.1, -0.05) is 23.3 Å². The van der Waals surface area contributed by atoms with Crippen LogP contribution in [0.3, 0.4) is 0 Å². The fourth-order valence-corrected chi connectivity index (χ4v) is 0.344. The summed E-state index contributed by atoms with van der Waals surface area (Å²) in [5.41, 5.74) is 1.27. The Hall–Kier alpha value is -0.490. The zero-order chi connectivity index (χ0) is 8.57. The minimum absolute atomic E-state index is 0.825. The highest BCUT2D eigenvalue weighted by atomic mass is 35.5. The van der Waals surface area contributed by atoms with Gasteiger partial charge in [0.2, 0.25) is 0 Å². The van der Waals surface area contributed by atoms with Gasteiger partial charge < -0.3 is 0 Å². The van der Waals surface area contributed by atoms with Crippen molar-refractivity contribution in [3.05, 3.63) is 35.9 Å². The van der Waals surface area contributed by atoms with Crippen molar-refractivity contribution in [2.45, 2.75) is 20.8 Å². The summed E-state index contributed by atoms with van der Waals surface area (Å²) in [6, 6.07) is 0. The van der Waals surface area contributed by atoms with Crippen molar-refractivity contribution in [3.8, 4) is 0 Å². The molecule has 0 saturated carbocycles. The smallest absolute Gasteiger partial charge is 0.0149 e. The molecule has 0 amide bonds. The van der Waals surface area contributed by atoms with E-state index in [1.165, 1.54) is 5.57 Å². The van der Waals surface area contributed by atoms with Crippen molar-refractivity contribution in [1.82, 2.24) is 0 Å². The van der Waals surface area contributed by atoms with E-state index in [1.807, 2.05) is 32.9 Å². The SMILES string of the molecule is C=C.CC(C)=C/C=C(\C)Cl. The highest BCUT2D eigenvalue weighted by Crippen LogP contribution is 1.99. The van der Waals surface area contributed by atoms with E-state index in [1.54, 1.807) is 0 Å². The van der Waals surface area contributed by atoms with E-state index in [0.29, 0.717) is 0 Å². The molecule has 0 fully saturated rings. The summed E-state index contributed by atoms with van der Waals surface area (Å²) in [7, 11) is 0. The number of allylic oxidation sites excluding steroid dienone is 4. The van der Waals surface area contributed by atoms with Crippen molar-refractivity contribution in [1.29, 1.82) is 0 Å². The largest absolute Gasteiger partial charge is 0.106 e. The Balaban J connectivity index is 0. The lowest BCUT2D eigenvalue weighted by molar-refractivity contribution is 1.39. The molecule has 0 bridgehead atoms. The molecule has 0 rings (SSSR count). The van der Waals surface area contributed by atoms with Gasteiger partial charge in [-0.2, -0.15) is 0 Å². The average Bonchev–Trinajstić information content (AvgIpc) is 1.89. The van der Waals surface area contributed by atoms with E-state index in [2.05, 4.69) is 13.2 Å². The monoisotopic (exact) mass is 158 g/mol. The van der Waals surface area contributed by atoms with E-state index < -0.39 is 0 Å². The van der Waals surface area contributed by atoms with Gasteiger partial charge in [0.15, 0.2) is 0 Å². The fraction of sp³-hybridized carbons (Fsp3) is 0.333. The molecule has 0 nitrogen and oxygen atoms in total. The standard InChI is InChI=1S/C7H11Cl.C2H4/c1-6(2)4-5-7(3)8;1-2/h4-5H,1-3H3;1-2H2/b7-5+;. The van der Waals surface area contributed by atoms with E-state index in [9.17, 15) is 0 Å². The highest BCUT2D eigenvalue weighted by molar-refractivity contribution is 6.29.